The molecule has 6 aliphatic rings. The van der Waals surface area contributed by atoms with Crippen molar-refractivity contribution in [1.29, 1.82) is 0 Å². The van der Waals surface area contributed by atoms with Crippen LogP contribution < -0.4 is 20.1 Å². The summed E-state index contributed by atoms with van der Waals surface area (Å²) in [6, 6.07) is 8.43. The summed E-state index contributed by atoms with van der Waals surface area (Å²) < 4.78 is 86.8. The van der Waals surface area contributed by atoms with E-state index in [9.17, 15) is 28.8 Å². The molecular formula is C61H72Cl2F4N6O10V2-2. The van der Waals surface area contributed by atoms with Crippen LogP contribution in [0.4, 0.5) is 27.2 Å². The number of carbonyl (C=O) groups excluding carboxylic acids is 6. The smallest absolute Gasteiger partial charge is 0.408 e. The molecule has 2 radical (unpaired) electrons. The van der Waals surface area contributed by atoms with Gasteiger partial charge in [0.2, 0.25) is 23.6 Å². The van der Waals surface area contributed by atoms with E-state index in [1.807, 2.05) is 19.5 Å². The number of nitrogens with one attached hydrogen (secondary N) is 2. The van der Waals surface area contributed by atoms with Crippen LogP contribution in [-0.2, 0) is 77.6 Å². The van der Waals surface area contributed by atoms with Crippen LogP contribution in [-0.4, -0.2) is 118 Å². The Labute approximate surface area is 526 Å². The van der Waals surface area contributed by atoms with Crippen LogP contribution >= 0.6 is 23.2 Å². The summed E-state index contributed by atoms with van der Waals surface area (Å²) in [5, 5.41) is 7.25. The maximum Gasteiger partial charge on any atom is 0.408 e. The van der Waals surface area contributed by atoms with Crippen molar-refractivity contribution >= 4 is 81.6 Å². The number of benzene rings is 2. The Balaban J connectivity index is 0.000000238. The SMILES string of the molecule is CC[C@@H]1[C@@H]2CN(C(=O)[C@H](C(C)(C)C)NC(=O)O[C@@H]3C[C@H]3CCCCC(F)(F)c3cc4ccc(Cl)cc4nc3O2)[C@@H]1[C-]=O.C[C@@H]1[C@@H]2CN(C(=O)[C@H](C(C)(C)C)NC(=O)O[C@@H]3C[C@H]3CCCCC(F)(F)c3cc4ccc(Cl)cc4nc3O2)[C@@H]1[C-]=O.[V].[V]. The summed E-state index contributed by atoms with van der Waals surface area (Å²) in [7, 11) is 0. The minimum atomic E-state index is -3.25. The molecular weight excluding hydrogens is 1230 g/mol. The molecule has 2 saturated carbocycles. The molecule has 2 aromatic heterocycles. The van der Waals surface area contributed by atoms with E-state index in [0.29, 0.717) is 76.8 Å². The van der Waals surface area contributed by atoms with E-state index < -0.39 is 108 Å². The van der Waals surface area contributed by atoms with Crippen molar-refractivity contribution in [3.63, 3.8) is 0 Å². The number of alkyl carbamates (subject to hydrolysis) is 2. The first-order valence-corrected chi connectivity index (χ1v) is 29.5. The van der Waals surface area contributed by atoms with Crippen molar-refractivity contribution in [3.05, 3.63) is 69.7 Å². The molecule has 10 rings (SSSR count). The van der Waals surface area contributed by atoms with E-state index in [4.69, 9.17) is 42.1 Å². The van der Waals surface area contributed by atoms with Crippen LogP contribution in [0, 0.1) is 34.5 Å². The topological polar surface area (TPSA) is 196 Å². The summed E-state index contributed by atoms with van der Waals surface area (Å²) in [5.41, 5.74) is -1.33. The van der Waals surface area contributed by atoms with Crippen LogP contribution in [0.15, 0.2) is 48.5 Å². The van der Waals surface area contributed by atoms with E-state index in [0.717, 1.165) is 0 Å². The van der Waals surface area contributed by atoms with Crippen LogP contribution in [0.3, 0.4) is 0 Å². The van der Waals surface area contributed by atoms with Gasteiger partial charge in [0, 0.05) is 70.8 Å². The number of aromatic nitrogens is 2. The van der Waals surface area contributed by atoms with E-state index in [-0.39, 0.29) is 110 Å². The van der Waals surface area contributed by atoms with E-state index in [2.05, 4.69) is 20.6 Å². The third-order valence-corrected chi connectivity index (χ3v) is 17.6. The third-order valence-electron chi connectivity index (χ3n) is 17.1. The zero-order chi connectivity index (χ0) is 60.1. The Bertz CT molecular complexity index is 3140. The van der Waals surface area contributed by atoms with Gasteiger partial charge in [0.05, 0.1) is 35.2 Å². The summed E-state index contributed by atoms with van der Waals surface area (Å²) in [5.74, 6) is -8.91. The van der Waals surface area contributed by atoms with Gasteiger partial charge in [-0.3, -0.25) is 9.59 Å². The van der Waals surface area contributed by atoms with Crippen molar-refractivity contribution in [2.45, 2.75) is 186 Å². The average Bonchev–Trinajstić information content (AvgIpc) is 3.82. The van der Waals surface area contributed by atoms with Crippen LogP contribution in [0.5, 0.6) is 11.8 Å². The predicted molar refractivity (Wildman–Crippen MR) is 302 cm³/mol. The fourth-order valence-electron chi connectivity index (χ4n) is 11.9. The molecule has 6 heterocycles. The molecule has 4 bridgehead atoms. The number of hydrogen-bond donors (Lipinski definition) is 2. The third kappa shape index (κ3) is 15.4. The number of pyridine rings is 2. The molecule has 4 fully saturated rings. The van der Waals surface area contributed by atoms with Gasteiger partial charge in [-0.05, 0) is 109 Å². The van der Waals surface area contributed by atoms with Crippen molar-refractivity contribution in [2.24, 2.45) is 34.5 Å². The molecule has 2 saturated heterocycles. The average molecular weight is 1300 g/mol. The summed E-state index contributed by atoms with van der Waals surface area (Å²) in [6.45, 7) is 14.2. The molecule has 4 aromatic rings. The molecule has 0 spiro atoms. The fourth-order valence-corrected chi connectivity index (χ4v) is 12.3. The monoisotopic (exact) mass is 1300 g/mol. The summed E-state index contributed by atoms with van der Waals surface area (Å²) >= 11 is 12.3. The second-order valence-electron chi connectivity index (χ2n) is 25.4. The number of amides is 4. The molecule has 16 nitrogen and oxygen atoms in total. The quantitative estimate of drug-likeness (QED) is 0.146. The minimum absolute atomic E-state index is 0. The Morgan fingerprint density at radius 1 is 0.612 bits per heavy atom. The standard InChI is InChI=1S/C31H37ClF2N3O5.C30H35ClF2N3O5.2V/c1-5-20-23(16-38)37-15-25(20)41-27-21(12-17-9-10-19(32)14-22(17)35-27)31(33,34)11-7-6-8-18-13-24(18)42-29(40)36-26(28(37)39)30(2,3)4;1-16-22(15-37)36-14-24(16)40-26-20(11-17-8-9-19(31)13-21(17)34-26)30(32,33)10-6-5-7-18-12-23(18)41-28(39)35-25(27(36)38)29(2,3)4;;/h9-10,12,14,18,20,23-26H,5-8,11,13,15H2,1-4H3,(H,36,40);8-9,11,13,16,18,22-25H,5-7,10,12,14H2,1-4H3,(H,35,39);;/q2*-1;;/t18-,20+,23-,24-,25+,26-;16-,18+,22+,23+,24-,25+;;/m10../s1. The Morgan fingerprint density at radius 3 is 1.44 bits per heavy atom. The molecule has 24 heteroatoms. The molecule has 4 amide bonds. The van der Waals surface area contributed by atoms with E-state index in [1.165, 1.54) is 21.9 Å². The Hall–Kier alpha value is -4.85. The second-order valence-corrected chi connectivity index (χ2v) is 26.2. The Kier molecular flexibility index (Phi) is 21.4. The predicted octanol–water partition coefficient (Wildman–Crippen LogP) is 12.0. The van der Waals surface area contributed by atoms with Crippen molar-refractivity contribution in [2.75, 3.05) is 13.1 Å². The zero-order valence-corrected chi connectivity index (χ0v) is 53.1. The summed E-state index contributed by atoms with van der Waals surface area (Å²) in [6.07, 6.45) is 4.02. The largest absolute Gasteiger partial charge is 0.540 e. The maximum absolute atomic E-state index is 15.9. The number of fused-ring (bicyclic) bond motifs is 10. The van der Waals surface area contributed by atoms with Gasteiger partial charge >= 0.3 is 12.2 Å². The van der Waals surface area contributed by atoms with Gasteiger partial charge in [0.1, 0.15) is 36.5 Å². The van der Waals surface area contributed by atoms with Gasteiger partial charge in [-0.1, -0.05) is 122 Å². The first kappa shape index (κ1) is 67.7. The molecule has 12 atom stereocenters. The molecule has 85 heavy (non-hydrogen) atoms. The minimum Gasteiger partial charge on any atom is -0.540 e. The van der Waals surface area contributed by atoms with Crippen LogP contribution in [0.1, 0.15) is 137 Å². The first-order valence-electron chi connectivity index (χ1n) is 28.7. The maximum atomic E-state index is 15.9. The molecule has 2 N–H and O–H groups in total. The van der Waals surface area contributed by atoms with Gasteiger partial charge in [-0.15, -0.1) is 0 Å². The first-order chi connectivity index (χ1) is 39.1. The number of carbonyl (C=O) groups is 4. The second kappa shape index (κ2) is 26.9. The number of nitrogens with zero attached hydrogens (tertiary/aromatic N) is 4. The normalized spacial score (nSPS) is 29.7. The molecule has 0 unspecified atom stereocenters. The zero-order valence-electron chi connectivity index (χ0n) is 48.8. The molecule has 2 aromatic carbocycles. The van der Waals surface area contributed by atoms with Crippen molar-refractivity contribution in [3.8, 4) is 11.8 Å². The molecule has 2 aliphatic carbocycles. The molecule has 460 valence electrons. The van der Waals surface area contributed by atoms with Gasteiger partial charge in [0.15, 0.2) is 0 Å². The number of halogens is 6. The van der Waals surface area contributed by atoms with Gasteiger partial charge < -0.3 is 49.0 Å². The van der Waals surface area contributed by atoms with Gasteiger partial charge in [-0.2, -0.15) is 0 Å². The Morgan fingerprint density at radius 2 is 1.02 bits per heavy atom. The van der Waals surface area contributed by atoms with Crippen molar-refractivity contribution in [1.82, 2.24) is 30.4 Å². The van der Waals surface area contributed by atoms with Crippen LogP contribution in [0.2, 0.25) is 10.0 Å². The number of rotatable bonds is 3. The fraction of sp³-hybridized carbons (Fsp3) is 0.607. The van der Waals surface area contributed by atoms with Gasteiger partial charge in [-0.25, -0.2) is 49.7 Å². The van der Waals surface area contributed by atoms with E-state index >= 15 is 17.6 Å². The number of hydrogen-bond acceptors (Lipinski definition) is 12. The van der Waals surface area contributed by atoms with Crippen molar-refractivity contribution < 1.29 is 102 Å². The number of alkyl halides is 4. The molecule has 4 aliphatic heterocycles. The van der Waals surface area contributed by atoms with E-state index in [1.54, 1.807) is 84.9 Å². The number of ether oxygens (including phenoxy) is 4. The summed E-state index contributed by atoms with van der Waals surface area (Å²) in [4.78, 5) is 89.3. The van der Waals surface area contributed by atoms with Crippen LogP contribution in [0.25, 0.3) is 21.8 Å². The van der Waals surface area contributed by atoms with Gasteiger partial charge in [0.25, 0.3) is 11.8 Å².